The van der Waals surface area contributed by atoms with Crippen LogP contribution in [-0.4, -0.2) is 37.1 Å². The van der Waals surface area contributed by atoms with Gasteiger partial charge in [-0.1, -0.05) is 0 Å². The summed E-state index contributed by atoms with van der Waals surface area (Å²) in [4.78, 5) is 17.0. The molecule has 1 N–H and O–H groups in total. The summed E-state index contributed by atoms with van der Waals surface area (Å²) < 4.78 is 83.5. The number of aryl methyl sites for hydroxylation is 2. The molecule has 0 unspecified atom stereocenters. The smallest absolute Gasteiger partial charge is 0.406 e. The maximum absolute atomic E-state index is 13.6. The van der Waals surface area contributed by atoms with Crippen LogP contribution in [0.15, 0.2) is 42.5 Å². The highest BCUT2D eigenvalue weighted by Gasteiger charge is 2.36. The van der Waals surface area contributed by atoms with E-state index in [2.05, 4.69) is 30.3 Å². The van der Waals surface area contributed by atoms with Gasteiger partial charge in [0.25, 0.3) is 5.91 Å². The summed E-state index contributed by atoms with van der Waals surface area (Å²) in [5.74, 6) is -1.47. The van der Waals surface area contributed by atoms with Crippen LogP contribution >= 0.6 is 0 Å². The predicted octanol–water partition coefficient (Wildman–Crippen LogP) is 4.97. The maximum atomic E-state index is 13.6. The lowest BCUT2D eigenvalue weighted by atomic mass is 10.0. The molecule has 8 nitrogen and oxygen atoms in total. The Labute approximate surface area is 192 Å². The van der Waals surface area contributed by atoms with Crippen molar-refractivity contribution in [1.82, 2.24) is 24.8 Å². The van der Waals surface area contributed by atoms with Crippen molar-refractivity contribution in [3.63, 3.8) is 0 Å². The van der Waals surface area contributed by atoms with Gasteiger partial charge in [-0.05, 0) is 56.3 Å². The number of nitrogens with zero attached hydrogens (tertiary/aromatic N) is 5. The Kier molecular flexibility index (Phi) is 5.82. The van der Waals surface area contributed by atoms with Gasteiger partial charge in [0.05, 0.1) is 22.6 Å². The van der Waals surface area contributed by atoms with Gasteiger partial charge in [-0.15, -0.1) is 18.3 Å². The van der Waals surface area contributed by atoms with Gasteiger partial charge >= 0.3 is 12.5 Å². The number of nitrogens with one attached hydrogen (secondary N) is 1. The number of rotatable bonds is 4. The fourth-order valence-corrected chi connectivity index (χ4v) is 3.27. The molecule has 0 saturated carbocycles. The minimum atomic E-state index is -5.11. The van der Waals surface area contributed by atoms with E-state index >= 15 is 0 Å². The zero-order valence-electron chi connectivity index (χ0n) is 17.9. The SMILES string of the molecule is Cc1ccc(NC(=O)c2c(C)nc3ccc(-c4cc(OC(F)(F)F)ccc4C(F)(F)F)nn23)nn1. The third kappa shape index (κ3) is 5.15. The number of ether oxygens (including phenoxy) is 1. The molecule has 0 saturated heterocycles. The summed E-state index contributed by atoms with van der Waals surface area (Å²) in [5.41, 5.74) is -1.45. The second kappa shape index (κ2) is 8.52. The largest absolute Gasteiger partial charge is 0.573 e. The molecule has 3 heterocycles. The van der Waals surface area contributed by atoms with Gasteiger partial charge in [-0.2, -0.15) is 23.4 Å². The third-order valence-corrected chi connectivity index (χ3v) is 4.71. The summed E-state index contributed by atoms with van der Waals surface area (Å²) in [6, 6.07) is 7.14. The number of hydrogen-bond acceptors (Lipinski definition) is 6. The first-order chi connectivity index (χ1) is 16.3. The van der Waals surface area contributed by atoms with Crippen LogP contribution in [-0.2, 0) is 6.18 Å². The first kappa shape index (κ1) is 23.9. The van der Waals surface area contributed by atoms with Gasteiger partial charge in [-0.3, -0.25) is 4.79 Å². The molecule has 0 aliphatic heterocycles. The molecular formula is C21H14F6N6O2. The molecule has 182 valence electrons. The molecule has 14 heteroatoms. The first-order valence-corrected chi connectivity index (χ1v) is 9.77. The average molecular weight is 496 g/mol. The van der Waals surface area contributed by atoms with Gasteiger partial charge in [-0.25, -0.2) is 9.50 Å². The molecule has 0 fully saturated rings. The maximum Gasteiger partial charge on any atom is 0.573 e. The summed E-state index contributed by atoms with van der Waals surface area (Å²) in [5, 5.41) is 14.2. The number of imidazole rings is 1. The van der Waals surface area contributed by atoms with E-state index in [0.717, 1.165) is 10.6 Å². The van der Waals surface area contributed by atoms with Gasteiger partial charge in [0.2, 0.25) is 0 Å². The van der Waals surface area contributed by atoms with Crippen LogP contribution in [0, 0.1) is 13.8 Å². The number of amides is 1. The Morgan fingerprint density at radius 2 is 1.71 bits per heavy atom. The molecule has 1 aromatic carbocycles. The van der Waals surface area contributed by atoms with E-state index < -0.39 is 35.3 Å². The highest BCUT2D eigenvalue weighted by molar-refractivity contribution is 6.03. The number of fused-ring (bicyclic) bond motifs is 1. The normalized spacial score (nSPS) is 12.1. The quantitative estimate of drug-likeness (QED) is 0.401. The second-order valence-corrected chi connectivity index (χ2v) is 7.30. The van der Waals surface area contributed by atoms with E-state index in [1.54, 1.807) is 13.0 Å². The molecule has 0 atom stereocenters. The van der Waals surface area contributed by atoms with E-state index in [0.29, 0.717) is 23.9 Å². The van der Waals surface area contributed by atoms with Gasteiger partial charge in [0, 0.05) is 5.56 Å². The number of carbonyl (C=O) groups is 1. The van der Waals surface area contributed by atoms with Gasteiger partial charge in [0.15, 0.2) is 17.2 Å². The van der Waals surface area contributed by atoms with Crippen LogP contribution in [0.2, 0.25) is 0 Å². The molecule has 0 bridgehead atoms. The molecule has 4 rings (SSSR count). The lowest BCUT2D eigenvalue weighted by Crippen LogP contribution is -2.18. The van der Waals surface area contributed by atoms with E-state index in [1.165, 1.54) is 19.1 Å². The number of alkyl halides is 6. The molecule has 0 aliphatic rings. The highest BCUT2D eigenvalue weighted by Crippen LogP contribution is 2.39. The molecule has 35 heavy (non-hydrogen) atoms. The molecular weight excluding hydrogens is 482 g/mol. The Hall–Kier alpha value is -4.23. The van der Waals surface area contributed by atoms with Crippen molar-refractivity contribution in [3.8, 4) is 17.0 Å². The Balaban J connectivity index is 1.81. The number of anilines is 1. The fraction of sp³-hybridized carbons (Fsp3) is 0.190. The van der Waals surface area contributed by atoms with E-state index in [1.807, 2.05) is 0 Å². The molecule has 0 aliphatic carbocycles. The minimum Gasteiger partial charge on any atom is -0.406 e. The molecule has 3 aromatic heterocycles. The van der Waals surface area contributed by atoms with Crippen molar-refractivity contribution >= 4 is 17.4 Å². The third-order valence-electron chi connectivity index (χ3n) is 4.71. The molecule has 0 radical (unpaired) electrons. The van der Waals surface area contributed by atoms with Crippen LogP contribution in [0.1, 0.15) is 27.4 Å². The first-order valence-electron chi connectivity index (χ1n) is 9.77. The standard InChI is InChI=1S/C21H14F6N6O2/c1-10-3-7-16(31-30-10)29-19(34)18-11(2)28-17-8-6-15(32-33(17)18)13-9-12(35-21(25,26)27)4-5-14(13)20(22,23)24/h3-9H,1-2H3,(H,29,31,34). The van der Waals surface area contributed by atoms with Crippen LogP contribution in [0.25, 0.3) is 16.9 Å². The average Bonchev–Trinajstić information content (AvgIpc) is 3.08. The predicted molar refractivity (Wildman–Crippen MR) is 110 cm³/mol. The number of carbonyl (C=O) groups excluding carboxylic acids is 1. The second-order valence-electron chi connectivity index (χ2n) is 7.30. The topological polar surface area (TPSA) is 94.3 Å². The van der Waals surface area contributed by atoms with Crippen LogP contribution in [0.3, 0.4) is 0 Å². The van der Waals surface area contributed by atoms with Crippen molar-refractivity contribution < 1.29 is 35.9 Å². The van der Waals surface area contributed by atoms with Crippen LogP contribution in [0.5, 0.6) is 5.75 Å². The fourth-order valence-electron chi connectivity index (χ4n) is 3.27. The van der Waals surface area contributed by atoms with E-state index in [-0.39, 0.29) is 28.5 Å². The summed E-state index contributed by atoms with van der Waals surface area (Å²) in [6.07, 6.45) is -10.0. The lowest BCUT2D eigenvalue weighted by Gasteiger charge is -2.15. The monoisotopic (exact) mass is 496 g/mol. The zero-order chi connectivity index (χ0) is 25.5. The minimum absolute atomic E-state index is 0.111. The number of halogens is 6. The zero-order valence-corrected chi connectivity index (χ0v) is 17.9. The molecule has 1 amide bonds. The Bertz CT molecular complexity index is 1410. The van der Waals surface area contributed by atoms with Crippen molar-refractivity contribution in [2.75, 3.05) is 5.32 Å². The van der Waals surface area contributed by atoms with E-state index in [4.69, 9.17) is 0 Å². The highest BCUT2D eigenvalue weighted by atomic mass is 19.4. The van der Waals surface area contributed by atoms with Gasteiger partial charge < -0.3 is 10.1 Å². The molecule has 0 spiro atoms. The molecule has 4 aromatic rings. The number of benzene rings is 1. The summed E-state index contributed by atoms with van der Waals surface area (Å²) >= 11 is 0. The Morgan fingerprint density at radius 1 is 0.971 bits per heavy atom. The van der Waals surface area contributed by atoms with E-state index in [9.17, 15) is 31.1 Å². The number of hydrogen-bond donors (Lipinski definition) is 1. The van der Waals surface area contributed by atoms with Crippen LogP contribution < -0.4 is 10.1 Å². The van der Waals surface area contributed by atoms with Crippen molar-refractivity contribution in [2.45, 2.75) is 26.4 Å². The summed E-state index contributed by atoms with van der Waals surface area (Å²) in [7, 11) is 0. The van der Waals surface area contributed by atoms with Crippen molar-refractivity contribution in [1.29, 1.82) is 0 Å². The van der Waals surface area contributed by atoms with Crippen LogP contribution in [0.4, 0.5) is 32.2 Å². The van der Waals surface area contributed by atoms with Crippen molar-refractivity contribution in [2.24, 2.45) is 0 Å². The van der Waals surface area contributed by atoms with Gasteiger partial charge in [0.1, 0.15) is 5.75 Å². The van der Waals surface area contributed by atoms with Crippen molar-refractivity contribution in [3.05, 3.63) is 65.1 Å². The Morgan fingerprint density at radius 3 is 2.34 bits per heavy atom. The lowest BCUT2D eigenvalue weighted by molar-refractivity contribution is -0.274. The number of aromatic nitrogens is 5. The summed E-state index contributed by atoms with van der Waals surface area (Å²) in [6.45, 7) is 3.19.